The lowest BCUT2D eigenvalue weighted by Crippen LogP contribution is -2.28. The van der Waals surface area contributed by atoms with Gasteiger partial charge in [-0.1, -0.05) is 0 Å². The molecule has 1 aromatic carbocycles. The number of nitrogens with one attached hydrogen (secondary N) is 1. The van der Waals surface area contributed by atoms with Gasteiger partial charge in [-0.3, -0.25) is 9.59 Å². The lowest BCUT2D eigenvalue weighted by molar-refractivity contribution is -0.116. The summed E-state index contributed by atoms with van der Waals surface area (Å²) in [6, 6.07) is 4.83. The van der Waals surface area contributed by atoms with E-state index in [1.165, 1.54) is 21.1 Å². The molecule has 0 atom stereocenters. The van der Waals surface area contributed by atoms with Gasteiger partial charge in [0.1, 0.15) is 17.3 Å². The average molecular weight is 237 g/mol. The SMILES string of the molecule is COc1cc(OC)cc(C(=O)NCC(C)=O)c1. The standard InChI is InChI=1S/C12H15NO4/c1-8(14)7-13-12(15)9-4-10(16-2)6-11(5-9)17-3/h4-6H,7H2,1-3H3,(H,13,15). The van der Waals surface area contributed by atoms with Crippen molar-refractivity contribution in [2.24, 2.45) is 0 Å². The van der Waals surface area contributed by atoms with Gasteiger partial charge >= 0.3 is 0 Å². The van der Waals surface area contributed by atoms with Gasteiger partial charge in [-0.15, -0.1) is 0 Å². The van der Waals surface area contributed by atoms with Crippen LogP contribution >= 0.6 is 0 Å². The van der Waals surface area contributed by atoms with E-state index in [-0.39, 0.29) is 18.2 Å². The van der Waals surface area contributed by atoms with Gasteiger partial charge in [-0.25, -0.2) is 0 Å². The minimum atomic E-state index is -0.336. The number of hydrogen-bond acceptors (Lipinski definition) is 4. The Labute approximate surface area is 99.7 Å². The minimum absolute atomic E-state index is 0.0123. The molecule has 0 spiro atoms. The molecule has 1 rings (SSSR count). The molecule has 0 aliphatic carbocycles. The number of carbonyl (C=O) groups is 2. The Morgan fingerprint density at radius 3 is 2.06 bits per heavy atom. The van der Waals surface area contributed by atoms with E-state index in [0.29, 0.717) is 17.1 Å². The van der Waals surface area contributed by atoms with Crippen LogP contribution in [0.5, 0.6) is 11.5 Å². The molecule has 0 saturated carbocycles. The van der Waals surface area contributed by atoms with E-state index in [1.807, 2.05) is 0 Å². The van der Waals surface area contributed by atoms with E-state index in [1.54, 1.807) is 18.2 Å². The summed E-state index contributed by atoms with van der Waals surface area (Å²) < 4.78 is 10.1. The third-order valence-corrected chi connectivity index (χ3v) is 2.11. The molecule has 5 heteroatoms. The fourth-order valence-corrected chi connectivity index (χ4v) is 1.25. The largest absolute Gasteiger partial charge is 0.497 e. The number of ketones is 1. The molecule has 0 bridgehead atoms. The van der Waals surface area contributed by atoms with Crippen molar-refractivity contribution in [2.45, 2.75) is 6.92 Å². The first-order chi connectivity index (χ1) is 8.06. The monoisotopic (exact) mass is 237 g/mol. The maximum atomic E-state index is 11.7. The molecule has 0 saturated heterocycles. The number of rotatable bonds is 5. The first kappa shape index (κ1) is 13.0. The van der Waals surface area contributed by atoms with Gasteiger partial charge in [0, 0.05) is 11.6 Å². The Morgan fingerprint density at radius 2 is 1.65 bits per heavy atom. The summed E-state index contributed by atoms with van der Waals surface area (Å²) in [5.74, 6) is 0.611. The Balaban J connectivity index is 2.88. The maximum Gasteiger partial charge on any atom is 0.251 e. The van der Waals surface area contributed by atoms with Crippen LogP contribution in [0.1, 0.15) is 17.3 Å². The Bertz CT molecular complexity index is 406. The normalized spacial score (nSPS) is 9.59. The molecule has 92 valence electrons. The fourth-order valence-electron chi connectivity index (χ4n) is 1.25. The molecular weight excluding hydrogens is 222 g/mol. The van der Waals surface area contributed by atoms with E-state index < -0.39 is 0 Å². The molecule has 1 amide bonds. The zero-order chi connectivity index (χ0) is 12.8. The van der Waals surface area contributed by atoms with Gasteiger partial charge in [0.05, 0.1) is 20.8 Å². The van der Waals surface area contributed by atoms with Gasteiger partial charge < -0.3 is 14.8 Å². The first-order valence-electron chi connectivity index (χ1n) is 5.07. The molecular formula is C12H15NO4. The first-order valence-corrected chi connectivity index (χ1v) is 5.07. The number of amides is 1. The molecule has 0 radical (unpaired) electrons. The molecule has 0 aliphatic heterocycles. The summed E-state index contributed by atoms with van der Waals surface area (Å²) in [6.07, 6.45) is 0. The maximum absolute atomic E-state index is 11.7. The molecule has 5 nitrogen and oxygen atoms in total. The minimum Gasteiger partial charge on any atom is -0.497 e. The molecule has 1 N–H and O–H groups in total. The third kappa shape index (κ3) is 3.79. The summed E-state index contributed by atoms with van der Waals surface area (Å²) in [4.78, 5) is 22.5. The van der Waals surface area contributed by atoms with Crippen LogP contribution in [0.2, 0.25) is 0 Å². The summed E-state index contributed by atoms with van der Waals surface area (Å²) in [5, 5.41) is 2.50. The molecule has 0 heterocycles. The second-order valence-corrected chi connectivity index (χ2v) is 3.49. The van der Waals surface area contributed by atoms with E-state index in [9.17, 15) is 9.59 Å². The van der Waals surface area contributed by atoms with Crippen molar-refractivity contribution in [3.8, 4) is 11.5 Å². The van der Waals surface area contributed by atoms with Crippen LogP contribution in [0.4, 0.5) is 0 Å². The van der Waals surface area contributed by atoms with Gasteiger partial charge in [0.25, 0.3) is 5.91 Å². The van der Waals surface area contributed by atoms with E-state index >= 15 is 0 Å². The Hall–Kier alpha value is -2.04. The fraction of sp³-hybridized carbons (Fsp3) is 0.333. The Kier molecular flexibility index (Phi) is 4.51. The highest BCUT2D eigenvalue weighted by atomic mass is 16.5. The van der Waals surface area contributed by atoms with E-state index in [0.717, 1.165) is 0 Å². The van der Waals surface area contributed by atoms with Crippen LogP contribution in [0.3, 0.4) is 0 Å². The number of Topliss-reactive ketones (excluding diaryl/α,β-unsaturated/α-hetero) is 1. The van der Waals surface area contributed by atoms with Crippen LogP contribution in [0, 0.1) is 0 Å². The van der Waals surface area contributed by atoms with Crippen LogP contribution in [-0.2, 0) is 4.79 Å². The molecule has 17 heavy (non-hydrogen) atoms. The quantitative estimate of drug-likeness (QED) is 0.830. The molecule has 0 aromatic heterocycles. The molecule has 1 aromatic rings. The van der Waals surface area contributed by atoms with Crippen molar-refractivity contribution in [1.29, 1.82) is 0 Å². The zero-order valence-corrected chi connectivity index (χ0v) is 10.1. The molecule has 0 fully saturated rings. The van der Waals surface area contributed by atoms with Crippen molar-refractivity contribution in [3.05, 3.63) is 23.8 Å². The zero-order valence-electron chi connectivity index (χ0n) is 10.1. The summed E-state index contributed by atoms with van der Waals surface area (Å²) in [6.45, 7) is 1.42. The highest BCUT2D eigenvalue weighted by Gasteiger charge is 2.09. The Morgan fingerprint density at radius 1 is 1.12 bits per heavy atom. The number of hydrogen-bond donors (Lipinski definition) is 1. The van der Waals surface area contributed by atoms with Crippen LogP contribution in [0.25, 0.3) is 0 Å². The van der Waals surface area contributed by atoms with Crippen molar-refractivity contribution >= 4 is 11.7 Å². The third-order valence-electron chi connectivity index (χ3n) is 2.11. The summed E-state index contributed by atoms with van der Waals surface area (Å²) in [7, 11) is 3.01. The number of benzene rings is 1. The highest BCUT2D eigenvalue weighted by molar-refractivity contribution is 5.97. The topological polar surface area (TPSA) is 64.6 Å². The summed E-state index contributed by atoms with van der Waals surface area (Å²) in [5.41, 5.74) is 0.391. The van der Waals surface area contributed by atoms with Crippen molar-refractivity contribution in [2.75, 3.05) is 20.8 Å². The summed E-state index contributed by atoms with van der Waals surface area (Å²) >= 11 is 0. The predicted octanol–water partition coefficient (Wildman–Crippen LogP) is 1.02. The van der Waals surface area contributed by atoms with Crippen LogP contribution in [-0.4, -0.2) is 32.5 Å². The van der Waals surface area contributed by atoms with Gasteiger partial charge in [-0.05, 0) is 19.1 Å². The predicted molar refractivity (Wildman–Crippen MR) is 62.6 cm³/mol. The van der Waals surface area contributed by atoms with Gasteiger partial charge in [0.2, 0.25) is 0 Å². The van der Waals surface area contributed by atoms with E-state index in [2.05, 4.69) is 5.32 Å². The lowest BCUT2D eigenvalue weighted by atomic mass is 10.2. The van der Waals surface area contributed by atoms with Crippen molar-refractivity contribution in [3.63, 3.8) is 0 Å². The average Bonchev–Trinajstić information content (AvgIpc) is 2.34. The highest BCUT2D eigenvalue weighted by Crippen LogP contribution is 2.22. The van der Waals surface area contributed by atoms with Crippen LogP contribution in [0.15, 0.2) is 18.2 Å². The van der Waals surface area contributed by atoms with E-state index in [4.69, 9.17) is 9.47 Å². The van der Waals surface area contributed by atoms with Gasteiger partial charge in [-0.2, -0.15) is 0 Å². The van der Waals surface area contributed by atoms with Crippen molar-refractivity contribution < 1.29 is 19.1 Å². The second-order valence-electron chi connectivity index (χ2n) is 3.49. The number of methoxy groups -OCH3 is 2. The van der Waals surface area contributed by atoms with Crippen LogP contribution < -0.4 is 14.8 Å². The number of carbonyl (C=O) groups excluding carboxylic acids is 2. The van der Waals surface area contributed by atoms with Gasteiger partial charge in [0.15, 0.2) is 0 Å². The smallest absolute Gasteiger partial charge is 0.251 e. The molecule has 0 aliphatic rings. The lowest BCUT2D eigenvalue weighted by Gasteiger charge is -2.08. The van der Waals surface area contributed by atoms with Crippen molar-refractivity contribution in [1.82, 2.24) is 5.32 Å². The molecule has 0 unspecified atom stereocenters. The number of ether oxygens (including phenoxy) is 2. The second kappa shape index (κ2) is 5.89.